The maximum atomic E-state index is 10.7. The third kappa shape index (κ3) is 3.93. The van der Waals surface area contributed by atoms with Crippen molar-refractivity contribution in [3.8, 4) is 28.7 Å². The Kier molecular flexibility index (Phi) is 5.65. The van der Waals surface area contributed by atoms with Crippen molar-refractivity contribution in [1.82, 2.24) is 0 Å². The van der Waals surface area contributed by atoms with E-state index in [4.69, 9.17) is 4.74 Å². The number of para-hydroxylation sites is 2. The normalized spacial score (nSPS) is 10.7. The van der Waals surface area contributed by atoms with Crippen LogP contribution >= 0.6 is 0 Å². The number of anilines is 3. The molecule has 32 heavy (non-hydrogen) atoms. The summed E-state index contributed by atoms with van der Waals surface area (Å²) < 4.78 is 5.95. The lowest BCUT2D eigenvalue weighted by atomic mass is 10.1. The molecule has 4 aromatic carbocycles. The summed E-state index contributed by atoms with van der Waals surface area (Å²) in [4.78, 5) is 1.85. The molecule has 162 valence electrons. The topological polar surface area (TPSA) is 73.2 Å². The lowest BCUT2D eigenvalue weighted by Crippen LogP contribution is -2.13. The van der Waals surface area contributed by atoms with E-state index in [0.717, 1.165) is 16.8 Å². The van der Waals surface area contributed by atoms with E-state index in [1.54, 1.807) is 49.4 Å². The van der Waals surface area contributed by atoms with Gasteiger partial charge in [0.15, 0.2) is 0 Å². The summed E-state index contributed by atoms with van der Waals surface area (Å²) in [5.41, 5.74) is 4.32. The minimum Gasteiger partial charge on any atom is -0.508 e. The first kappa shape index (κ1) is 21.1. The van der Waals surface area contributed by atoms with Gasteiger partial charge in [-0.25, -0.2) is 0 Å². The molecule has 4 rings (SSSR count). The molecule has 5 heteroatoms. The summed E-state index contributed by atoms with van der Waals surface area (Å²) >= 11 is 0. The van der Waals surface area contributed by atoms with Gasteiger partial charge in [-0.3, -0.25) is 0 Å². The second-order valence-corrected chi connectivity index (χ2v) is 7.72. The average molecular weight is 428 g/mol. The fraction of sp³-hybridized carbons (Fsp3) is 0.111. The first-order chi connectivity index (χ1) is 15.4. The summed E-state index contributed by atoms with van der Waals surface area (Å²) in [5.74, 6) is 1.58. The van der Waals surface area contributed by atoms with Crippen LogP contribution in [0.15, 0.2) is 78.9 Å². The molecule has 0 aliphatic heterocycles. The van der Waals surface area contributed by atoms with Crippen LogP contribution in [0.1, 0.15) is 16.7 Å². The zero-order chi connectivity index (χ0) is 22.8. The molecule has 0 aliphatic carbocycles. The molecule has 0 heterocycles. The number of aromatic hydroxyl groups is 3. The first-order valence-corrected chi connectivity index (χ1v) is 10.3. The number of ether oxygens (including phenoxy) is 1. The summed E-state index contributed by atoms with van der Waals surface area (Å²) in [6.07, 6.45) is 0. The molecule has 0 aliphatic rings. The molecule has 0 unspecified atom stereocenters. The average Bonchev–Trinajstić information content (AvgIpc) is 2.76. The van der Waals surface area contributed by atoms with Crippen LogP contribution in [-0.4, -0.2) is 15.3 Å². The van der Waals surface area contributed by atoms with E-state index < -0.39 is 0 Å². The van der Waals surface area contributed by atoms with Gasteiger partial charge in [-0.2, -0.15) is 0 Å². The molecule has 0 spiro atoms. The van der Waals surface area contributed by atoms with E-state index in [1.165, 1.54) is 0 Å². The zero-order valence-electron chi connectivity index (χ0n) is 18.2. The van der Waals surface area contributed by atoms with Gasteiger partial charge < -0.3 is 25.0 Å². The van der Waals surface area contributed by atoms with E-state index >= 15 is 0 Å². The highest BCUT2D eigenvalue weighted by Crippen LogP contribution is 2.46. The van der Waals surface area contributed by atoms with Gasteiger partial charge in [-0.15, -0.1) is 0 Å². The highest BCUT2D eigenvalue weighted by Gasteiger charge is 2.22. The standard InChI is InChI=1S/C27H25NO4/c1-17-7-4-10-23(30)26(17)28(27-18(2)8-5-11-24(27)31)20-13-15-21(16-14-20)32-25-12-6-9-22(29)19(25)3/h4-16,29-31H,1-3H3. The molecule has 3 N–H and O–H groups in total. The second-order valence-electron chi connectivity index (χ2n) is 7.72. The number of hydrogen-bond acceptors (Lipinski definition) is 5. The number of nitrogens with zero attached hydrogens (tertiary/aromatic N) is 1. The Morgan fingerprint density at radius 2 is 1.09 bits per heavy atom. The summed E-state index contributed by atoms with van der Waals surface area (Å²) in [6.45, 7) is 5.63. The van der Waals surface area contributed by atoms with E-state index in [2.05, 4.69) is 0 Å². The van der Waals surface area contributed by atoms with Crippen molar-refractivity contribution in [2.24, 2.45) is 0 Å². The van der Waals surface area contributed by atoms with Crippen molar-refractivity contribution < 1.29 is 20.1 Å². The van der Waals surface area contributed by atoms with Crippen molar-refractivity contribution in [1.29, 1.82) is 0 Å². The third-order valence-corrected chi connectivity index (χ3v) is 5.46. The Bertz CT molecular complexity index is 1170. The number of benzene rings is 4. The molecular weight excluding hydrogens is 402 g/mol. The first-order valence-electron chi connectivity index (χ1n) is 10.3. The highest BCUT2D eigenvalue weighted by molar-refractivity contribution is 5.86. The van der Waals surface area contributed by atoms with Crippen LogP contribution in [0.25, 0.3) is 0 Å². The lowest BCUT2D eigenvalue weighted by molar-refractivity contribution is 0.448. The molecule has 0 aromatic heterocycles. The van der Waals surface area contributed by atoms with Gasteiger partial charge in [0.25, 0.3) is 0 Å². The van der Waals surface area contributed by atoms with E-state index in [1.807, 2.05) is 55.1 Å². The van der Waals surface area contributed by atoms with Crippen molar-refractivity contribution in [2.75, 3.05) is 4.90 Å². The number of hydrogen-bond donors (Lipinski definition) is 3. The van der Waals surface area contributed by atoms with Gasteiger partial charge in [0.05, 0.1) is 11.4 Å². The number of aryl methyl sites for hydroxylation is 2. The fourth-order valence-corrected chi connectivity index (χ4v) is 3.74. The van der Waals surface area contributed by atoms with Crippen LogP contribution in [0.4, 0.5) is 17.1 Å². The summed E-state index contributed by atoms with van der Waals surface area (Å²) in [7, 11) is 0. The molecule has 0 fully saturated rings. The summed E-state index contributed by atoms with van der Waals surface area (Å²) in [6, 6.07) is 23.2. The maximum absolute atomic E-state index is 10.7. The Morgan fingerprint density at radius 3 is 1.62 bits per heavy atom. The monoisotopic (exact) mass is 427 g/mol. The minimum absolute atomic E-state index is 0.114. The van der Waals surface area contributed by atoms with Crippen molar-refractivity contribution in [2.45, 2.75) is 20.8 Å². The zero-order valence-corrected chi connectivity index (χ0v) is 18.2. The van der Waals surface area contributed by atoms with Crippen LogP contribution in [-0.2, 0) is 0 Å². The molecule has 5 nitrogen and oxygen atoms in total. The van der Waals surface area contributed by atoms with Crippen molar-refractivity contribution >= 4 is 17.1 Å². The van der Waals surface area contributed by atoms with Gasteiger partial charge >= 0.3 is 0 Å². The van der Waals surface area contributed by atoms with E-state index in [-0.39, 0.29) is 17.2 Å². The Balaban J connectivity index is 1.80. The highest BCUT2D eigenvalue weighted by atomic mass is 16.5. The van der Waals surface area contributed by atoms with Crippen LogP contribution in [0.5, 0.6) is 28.7 Å². The Morgan fingerprint density at radius 1 is 0.594 bits per heavy atom. The number of phenolic OH excluding ortho intramolecular Hbond substituents is 3. The molecule has 0 amide bonds. The largest absolute Gasteiger partial charge is 0.508 e. The molecular formula is C27H25NO4. The molecule has 0 saturated heterocycles. The third-order valence-electron chi connectivity index (χ3n) is 5.46. The van der Waals surface area contributed by atoms with Crippen LogP contribution in [0, 0.1) is 20.8 Å². The summed E-state index contributed by atoms with van der Waals surface area (Å²) in [5, 5.41) is 31.3. The lowest BCUT2D eigenvalue weighted by Gasteiger charge is -2.29. The van der Waals surface area contributed by atoms with Gasteiger partial charge in [0.1, 0.15) is 28.7 Å². The number of rotatable bonds is 5. The van der Waals surface area contributed by atoms with Crippen LogP contribution in [0.2, 0.25) is 0 Å². The molecule has 0 radical (unpaired) electrons. The van der Waals surface area contributed by atoms with E-state index in [0.29, 0.717) is 28.4 Å². The molecule has 0 atom stereocenters. The smallest absolute Gasteiger partial charge is 0.139 e. The fourth-order valence-electron chi connectivity index (χ4n) is 3.74. The van der Waals surface area contributed by atoms with Crippen molar-refractivity contribution in [3.05, 3.63) is 95.6 Å². The SMILES string of the molecule is Cc1cccc(O)c1N(c1ccc(Oc2cccc(O)c2C)cc1)c1c(C)cccc1O. The molecule has 4 aromatic rings. The van der Waals surface area contributed by atoms with Gasteiger partial charge in [0.2, 0.25) is 0 Å². The van der Waals surface area contributed by atoms with Crippen molar-refractivity contribution in [3.63, 3.8) is 0 Å². The minimum atomic E-state index is 0.114. The molecule has 0 bridgehead atoms. The predicted molar refractivity (Wildman–Crippen MR) is 127 cm³/mol. The van der Waals surface area contributed by atoms with Crippen LogP contribution in [0.3, 0.4) is 0 Å². The maximum Gasteiger partial charge on any atom is 0.139 e. The van der Waals surface area contributed by atoms with Gasteiger partial charge in [-0.05, 0) is 80.4 Å². The quantitative estimate of drug-likeness (QED) is 0.320. The predicted octanol–water partition coefficient (Wildman–Crippen LogP) is 6.99. The van der Waals surface area contributed by atoms with Crippen LogP contribution < -0.4 is 9.64 Å². The second kappa shape index (κ2) is 8.55. The Hall–Kier alpha value is -4.12. The van der Waals surface area contributed by atoms with Gasteiger partial charge in [0, 0.05) is 11.3 Å². The molecule has 0 saturated carbocycles. The van der Waals surface area contributed by atoms with E-state index in [9.17, 15) is 15.3 Å². The number of phenols is 3. The van der Waals surface area contributed by atoms with Gasteiger partial charge in [-0.1, -0.05) is 30.3 Å². The Labute approximate surface area is 187 Å².